The van der Waals surface area contributed by atoms with Gasteiger partial charge >= 0.3 is 6.18 Å². The number of nitrogens with one attached hydrogen (secondary N) is 1. The van der Waals surface area contributed by atoms with Gasteiger partial charge in [0.1, 0.15) is 5.75 Å². The summed E-state index contributed by atoms with van der Waals surface area (Å²) in [4.78, 5) is 12.0. The van der Waals surface area contributed by atoms with Crippen molar-refractivity contribution in [2.24, 2.45) is 5.92 Å². The molecule has 0 aromatic heterocycles. The van der Waals surface area contributed by atoms with E-state index in [0.29, 0.717) is 18.6 Å². The number of rotatable bonds is 4. The Labute approximate surface area is 127 Å². The summed E-state index contributed by atoms with van der Waals surface area (Å²) >= 11 is 0. The van der Waals surface area contributed by atoms with E-state index in [0.717, 1.165) is 5.56 Å². The highest BCUT2D eigenvalue weighted by molar-refractivity contribution is 5.79. The first kappa shape index (κ1) is 16.6. The Morgan fingerprint density at radius 2 is 2.14 bits per heavy atom. The number of amides is 1. The van der Waals surface area contributed by atoms with Crippen LogP contribution in [0.15, 0.2) is 24.3 Å². The minimum atomic E-state index is -4.17. The molecule has 2 atom stereocenters. The standard InChI is InChI=1S/C16H20F3NO2/c1-22-14-7-2-4-11(8-14)9-15(21)20-13-6-3-5-12(10-13)16(17,18)19/h2,4,7-8,12-13H,3,5-6,9-10H2,1H3,(H,20,21)/t12-,13-/m1/s1. The van der Waals surface area contributed by atoms with Crippen molar-refractivity contribution in [2.75, 3.05) is 7.11 Å². The van der Waals surface area contributed by atoms with Crippen molar-refractivity contribution >= 4 is 5.91 Å². The number of hydrogen-bond acceptors (Lipinski definition) is 2. The third-order valence-corrected chi connectivity index (χ3v) is 4.00. The van der Waals surface area contributed by atoms with Crippen LogP contribution in [0.1, 0.15) is 31.2 Å². The van der Waals surface area contributed by atoms with E-state index >= 15 is 0 Å². The summed E-state index contributed by atoms with van der Waals surface area (Å²) in [5.74, 6) is -0.899. The maximum atomic E-state index is 12.8. The Morgan fingerprint density at radius 3 is 2.82 bits per heavy atom. The normalized spacial score (nSPS) is 22.2. The fraction of sp³-hybridized carbons (Fsp3) is 0.562. The first-order valence-corrected chi connectivity index (χ1v) is 7.37. The van der Waals surface area contributed by atoms with Crippen molar-refractivity contribution in [1.29, 1.82) is 0 Å². The van der Waals surface area contributed by atoms with E-state index in [9.17, 15) is 18.0 Å². The molecule has 0 radical (unpaired) electrons. The number of carbonyl (C=O) groups is 1. The van der Waals surface area contributed by atoms with E-state index in [1.165, 1.54) is 0 Å². The summed E-state index contributed by atoms with van der Waals surface area (Å²) < 4.78 is 43.3. The molecule has 1 aliphatic carbocycles. The molecular weight excluding hydrogens is 295 g/mol. The molecule has 2 rings (SSSR count). The van der Waals surface area contributed by atoms with E-state index in [-0.39, 0.29) is 25.2 Å². The van der Waals surface area contributed by atoms with E-state index in [4.69, 9.17) is 4.74 Å². The van der Waals surface area contributed by atoms with Gasteiger partial charge in [0.05, 0.1) is 19.4 Å². The Bertz CT molecular complexity index is 516. The van der Waals surface area contributed by atoms with Gasteiger partial charge in [-0.1, -0.05) is 18.6 Å². The lowest BCUT2D eigenvalue weighted by molar-refractivity contribution is -0.184. The van der Waals surface area contributed by atoms with Crippen LogP contribution in [0, 0.1) is 5.92 Å². The zero-order valence-corrected chi connectivity index (χ0v) is 12.5. The molecule has 1 N–H and O–H groups in total. The molecule has 0 heterocycles. The summed E-state index contributed by atoms with van der Waals surface area (Å²) in [6, 6.07) is 6.71. The topological polar surface area (TPSA) is 38.3 Å². The lowest BCUT2D eigenvalue weighted by Crippen LogP contribution is -2.42. The van der Waals surface area contributed by atoms with Crippen LogP contribution in [0.3, 0.4) is 0 Å². The van der Waals surface area contributed by atoms with E-state index in [1.54, 1.807) is 31.4 Å². The fourth-order valence-electron chi connectivity index (χ4n) is 2.86. The fourth-order valence-corrected chi connectivity index (χ4v) is 2.86. The number of methoxy groups -OCH3 is 1. The largest absolute Gasteiger partial charge is 0.497 e. The number of ether oxygens (including phenoxy) is 1. The molecule has 6 heteroatoms. The third kappa shape index (κ3) is 4.64. The molecule has 22 heavy (non-hydrogen) atoms. The van der Waals surface area contributed by atoms with Gasteiger partial charge in [0.2, 0.25) is 5.91 Å². The van der Waals surface area contributed by atoms with Crippen molar-refractivity contribution in [3.63, 3.8) is 0 Å². The van der Waals surface area contributed by atoms with Crippen molar-refractivity contribution in [2.45, 2.75) is 44.3 Å². The molecule has 1 amide bonds. The molecule has 3 nitrogen and oxygen atoms in total. The molecule has 0 unspecified atom stereocenters. The van der Waals surface area contributed by atoms with E-state index in [1.807, 2.05) is 0 Å². The predicted octanol–water partition coefficient (Wildman–Crippen LogP) is 3.48. The summed E-state index contributed by atoms with van der Waals surface area (Å²) in [6.45, 7) is 0. The lowest BCUT2D eigenvalue weighted by atomic mass is 9.85. The number of carbonyl (C=O) groups excluding carboxylic acids is 1. The zero-order valence-electron chi connectivity index (χ0n) is 12.5. The average Bonchev–Trinajstić information content (AvgIpc) is 2.46. The molecule has 1 saturated carbocycles. The van der Waals surface area contributed by atoms with Crippen LogP contribution in [0.5, 0.6) is 5.75 Å². The second-order valence-corrected chi connectivity index (χ2v) is 5.70. The van der Waals surface area contributed by atoms with Gasteiger partial charge in [-0.05, 0) is 37.0 Å². The van der Waals surface area contributed by atoms with Crippen molar-refractivity contribution < 1.29 is 22.7 Å². The highest BCUT2D eigenvalue weighted by Gasteiger charge is 2.42. The summed E-state index contributed by atoms with van der Waals surface area (Å²) in [6.07, 6.45) is -2.79. The van der Waals surface area contributed by atoms with Crippen molar-refractivity contribution in [1.82, 2.24) is 5.32 Å². The second kappa shape index (κ2) is 7.03. The smallest absolute Gasteiger partial charge is 0.391 e. The molecule has 1 aliphatic rings. The molecule has 0 aliphatic heterocycles. The van der Waals surface area contributed by atoms with Crippen LogP contribution < -0.4 is 10.1 Å². The van der Waals surface area contributed by atoms with Crippen LogP contribution >= 0.6 is 0 Å². The van der Waals surface area contributed by atoms with Crippen LogP contribution in [0.2, 0.25) is 0 Å². The van der Waals surface area contributed by atoms with Gasteiger partial charge in [-0.25, -0.2) is 0 Å². The van der Waals surface area contributed by atoms with Crippen LogP contribution in [0.25, 0.3) is 0 Å². The van der Waals surface area contributed by atoms with Gasteiger partial charge in [0, 0.05) is 6.04 Å². The van der Waals surface area contributed by atoms with Gasteiger partial charge < -0.3 is 10.1 Å². The molecule has 0 saturated heterocycles. The van der Waals surface area contributed by atoms with Crippen LogP contribution in [0.4, 0.5) is 13.2 Å². The van der Waals surface area contributed by atoms with Gasteiger partial charge in [-0.3, -0.25) is 4.79 Å². The Hall–Kier alpha value is -1.72. The van der Waals surface area contributed by atoms with Gasteiger partial charge in [0.25, 0.3) is 0 Å². The van der Waals surface area contributed by atoms with Gasteiger partial charge in [-0.2, -0.15) is 13.2 Å². The minimum absolute atomic E-state index is 0.0205. The lowest BCUT2D eigenvalue weighted by Gasteiger charge is -2.31. The zero-order chi connectivity index (χ0) is 16.2. The van der Waals surface area contributed by atoms with Crippen molar-refractivity contribution in [3.8, 4) is 5.75 Å². The minimum Gasteiger partial charge on any atom is -0.497 e. The van der Waals surface area contributed by atoms with Gasteiger partial charge in [-0.15, -0.1) is 0 Å². The number of hydrogen-bond donors (Lipinski definition) is 1. The van der Waals surface area contributed by atoms with E-state index in [2.05, 4.69) is 5.32 Å². The Kier molecular flexibility index (Phi) is 5.32. The molecule has 1 fully saturated rings. The van der Waals surface area contributed by atoms with Crippen LogP contribution in [-0.4, -0.2) is 25.2 Å². The first-order valence-electron chi connectivity index (χ1n) is 7.37. The molecule has 1 aromatic rings. The summed E-state index contributed by atoms with van der Waals surface area (Å²) in [7, 11) is 1.54. The van der Waals surface area contributed by atoms with Gasteiger partial charge in [0.15, 0.2) is 0 Å². The third-order valence-electron chi connectivity index (χ3n) is 4.00. The second-order valence-electron chi connectivity index (χ2n) is 5.70. The Morgan fingerprint density at radius 1 is 1.36 bits per heavy atom. The average molecular weight is 315 g/mol. The monoisotopic (exact) mass is 315 g/mol. The summed E-state index contributed by atoms with van der Waals surface area (Å²) in [5, 5.41) is 2.73. The maximum absolute atomic E-state index is 12.8. The van der Waals surface area contributed by atoms with Crippen LogP contribution in [-0.2, 0) is 11.2 Å². The number of alkyl halides is 3. The Balaban J connectivity index is 1.88. The number of benzene rings is 1. The predicted molar refractivity (Wildman–Crippen MR) is 76.6 cm³/mol. The van der Waals surface area contributed by atoms with Crippen molar-refractivity contribution in [3.05, 3.63) is 29.8 Å². The first-order chi connectivity index (χ1) is 10.4. The number of halogens is 3. The highest BCUT2D eigenvalue weighted by atomic mass is 19.4. The molecule has 0 spiro atoms. The summed E-state index contributed by atoms with van der Waals surface area (Å²) in [5.41, 5.74) is 0.778. The molecular formula is C16H20F3NO2. The maximum Gasteiger partial charge on any atom is 0.391 e. The SMILES string of the molecule is COc1cccc(CC(=O)N[C@@H]2CCC[C@@H](C(F)(F)F)C2)c1. The van der Waals surface area contributed by atoms with E-state index < -0.39 is 18.1 Å². The quantitative estimate of drug-likeness (QED) is 0.924. The molecule has 122 valence electrons. The molecule has 1 aromatic carbocycles. The molecule has 0 bridgehead atoms. The highest BCUT2D eigenvalue weighted by Crippen LogP contribution is 2.37.